The molecule has 0 spiro atoms. The fourth-order valence-electron chi connectivity index (χ4n) is 4.37. The highest BCUT2D eigenvalue weighted by Gasteiger charge is 2.34. The summed E-state index contributed by atoms with van der Waals surface area (Å²) in [6.45, 7) is 7.20. The van der Waals surface area contributed by atoms with Gasteiger partial charge in [-0.3, -0.25) is 13.9 Å². The molecular formula is C31H37Cl2N3O4S. The first-order chi connectivity index (χ1) is 19.5. The highest BCUT2D eigenvalue weighted by Crippen LogP contribution is 2.35. The lowest BCUT2D eigenvalue weighted by atomic mass is 10.1. The third-order valence-electron chi connectivity index (χ3n) is 6.96. The van der Waals surface area contributed by atoms with Crippen LogP contribution in [0.1, 0.15) is 44.7 Å². The molecule has 0 aliphatic heterocycles. The van der Waals surface area contributed by atoms with Crippen molar-refractivity contribution in [3.8, 4) is 0 Å². The second kappa shape index (κ2) is 14.7. The van der Waals surface area contributed by atoms with Crippen LogP contribution < -0.4 is 9.62 Å². The summed E-state index contributed by atoms with van der Waals surface area (Å²) < 4.78 is 28.9. The Balaban J connectivity index is 2.05. The van der Waals surface area contributed by atoms with Crippen molar-refractivity contribution >= 4 is 50.7 Å². The van der Waals surface area contributed by atoms with Crippen LogP contribution in [0, 0.1) is 6.92 Å². The Morgan fingerprint density at radius 3 is 2.17 bits per heavy atom. The van der Waals surface area contributed by atoms with Crippen LogP contribution in [0.5, 0.6) is 0 Å². The van der Waals surface area contributed by atoms with Crippen LogP contribution in [0.2, 0.25) is 10.0 Å². The van der Waals surface area contributed by atoms with Crippen LogP contribution in [-0.4, -0.2) is 50.3 Å². The molecule has 0 fully saturated rings. The first-order valence-electron chi connectivity index (χ1n) is 13.7. The average molecular weight is 619 g/mol. The molecule has 0 unspecified atom stereocenters. The van der Waals surface area contributed by atoms with Crippen molar-refractivity contribution in [2.75, 3.05) is 17.4 Å². The summed E-state index contributed by atoms with van der Waals surface area (Å²) in [5.74, 6) is -0.809. The molecule has 2 atom stereocenters. The number of nitrogens with one attached hydrogen (secondary N) is 1. The van der Waals surface area contributed by atoms with E-state index >= 15 is 0 Å². The zero-order valence-corrected chi connectivity index (χ0v) is 26.1. The van der Waals surface area contributed by atoms with E-state index in [-0.39, 0.29) is 39.1 Å². The molecule has 0 aromatic heterocycles. The van der Waals surface area contributed by atoms with E-state index in [0.717, 1.165) is 21.9 Å². The highest BCUT2D eigenvalue weighted by atomic mass is 35.5. The van der Waals surface area contributed by atoms with Crippen molar-refractivity contribution in [3.05, 3.63) is 94.0 Å². The van der Waals surface area contributed by atoms with E-state index in [9.17, 15) is 18.0 Å². The Hall–Kier alpha value is -3.07. The first kappa shape index (κ1) is 32.4. The molecule has 1 N–H and O–H groups in total. The molecule has 7 nitrogen and oxygen atoms in total. The van der Waals surface area contributed by atoms with E-state index < -0.39 is 28.5 Å². The van der Waals surface area contributed by atoms with Crippen molar-refractivity contribution < 1.29 is 18.0 Å². The van der Waals surface area contributed by atoms with Gasteiger partial charge < -0.3 is 10.2 Å². The molecule has 41 heavy (non-hydrogen) atoms. The summed E-state index contributed by atoms with van der Waals surface area (Å²) in [7, 11) is -4.24. The molecule has 0 aliphatic rings. The van der Waals surface area contributed by atoms with Crippen LogP contribution in [0.4, 0.5) is 5.69 Å². The van der Waals surface area contributed by atoms with Gasteiger partial charge in [-0.1, -0.05) is 91.1 Å². The second-order valence-electron chi connectivity index (χ2n) is 9.96. The number of amides is 2. The van der Waals surface area contributed by atoms with E-state index in [1.807, 2.05) is 58.0 Å². The van der Waals surface area contributed by atoms with E-state index in [4.69, 9.17) is 23.2 Å². The van der Waals surface area contributed by atoms with Gasteiger partial charge in [-0.25, -0.2) is 8.42 Å². The smallest absolute Gasteiger partial charge is 0.264 e. The van der Waals surface area contributed by atoms with Crippen molar-refractivity contribution in [2.45, 2.75) is 63.9 Å². The fourth-order valence-corrected chi connectivity index (χ4v) is 6.25. The van der Waals surface area contributed by atoms with Gasteiger partial charge in [-0.15, -0.1) is 0 Å². The molecule has 0 heterocycles. The Morgan fingerprint density at radius 1 is 0.902 bits per heavy atom. The van der Waals surface area contributed by atoms with Gasteiger partial charge in [0.2, 0.25) is 11.8 Å². The molecular weight excluding hydrogens is 581 g/mol. The summed E-state index contributed by atoms with van der Waals surface area (Å²) in [6.07, 6.45) is 1.57. The van der Waals surface area contributed by atoms with E-state index in [0.29, 0.717) is 12.8 Å². The molecule has 220 valence electrons. The van der Waals surface area contributed by atoms with E-state index in [2.05, 4.69) is 5.32 Å². The number of hydrogen-bond donors (Lipinski definition) is 1. The van der Waals surface area contributed by atoms with Crippen molar-refractivity contribution in [1.29, 1.82) is 0 Å². The van der Waals surface area contributed by atoms with Crippen molar-refractivity contribution in [1.82, 2.24) is 10.2 Å². The Labute approximate surface area is 253 Å². The van der Waals surface area contributed by atoms with Gasteiger partial charge in [-0.2, -0.15) is 0 Å². The molecule has 0 saturated carbocycles. The van der Waals surface area contributed by atoms with Gasteiger partial charge in [0.05, 0.1) is 20.6 Å². The third kappa shape index (κ3) is 8.24. The summed E-state index contributed by atoms with van der Waals surface area (Å²) in [5, 5.41) is 3.14. The minimum atomic E-state index is -4.24. The number of rotatable bonds is 13. The van der Waals surface area contributed by atoms with Crippen LogP contribution in [-0.2, 0) is 26.0 Å². The van der Waals surface area contributed by atoms with Crippen molar-refractivity contribution in [3.63, 3.8) is 0 Å². The largest absolute Gasteiger partial charge is 0.352 e. The number of halogens is 2. The molecule has 0 saturated heterocycles. The van der Waals surface area contributed by atoms with Gasteiger partial charge in [-0.05, 0) is 62.9 Å². The number of carbonyl (C=O) groups is 2. The highest BCUT2D eigenvalue weighted by molar-refractivity contribution is 7.92. The second-order valence-corrected chi connectivity index (χ2v) is 12.6. The number of carbonyl (C=O) groups excluding carboxylic acids is 2. The molecule has 3 aromatic rings. The summed E-state index contributed by atoms with van der Waals surface area (Å²) in [5.41, 5.74) is 1.95. The zero-order chi connectivity index (χ0) is 30.2. The monoisotopic (exact) mass is 617 g/mol. The minimum Gasteiger partial charge on any atom is -0.352 e. The molecule has 10 heteroatoms. The van der Waals surface area contributed by atoms with Gasteiger partial charge in [0.1, 0.15) is 12.6 Å². The predicted molar refractivity (Wildman–Crippen MR) is 166 cm³/mol. The lowest BCUT2D eigenvalue weighted by molar-refractivity contribution is -0.139. The van der Waals surface area contributed by atoms with Gasteiger partial charge in [0.15, 0.2) is 0 Å². The number of benzene rings is 3. The first-order valence-corrected chi connectivity index (χ1v) is 15.9. The molecule has 0 radical (unpaired) electrons. The van der Waals surface area contributed by atoms with Crippen LogP contribution >= 0.6 is 23.2 Å². The zero-order valence-electron chi connectivity index (χ0n) is 23.8. The standard InChI is InChI=1S/C31H37Cl2N3O4S/c1-5-23(4)34-31(38)27(6-2)35(20-19-24-11-8-7-9-12-24)29(37)21-36(28-14-10-13-26(32)30(28)33)41(39,40)25-17-15-22(3)16-18-25/h7-18,23,27H,5-6,19-21H2,1-4H3,(H,34,38)/t23-,27+/m1/s1. The quantitative estimate of drug-likeness (QED) is 0.245. The molecule has 3 aromatic carbocycles. The van der Waals surface area contributed by atoms with Gasteiger partial charge >= 0.3 is 0 Å². The number of aryl methyl sites for hydroxylation is 1. The summed E-state index contributed by atoms with van der Waals surface area (Å²) in [4.78, 5) is 28.9. The van der Waals surface area contributed by atoms with Gasteiger partial charge in [0, 0.05) is 12.6 Å². The lowest BCUT2D eigenvalue weighted by Gasteiger charge is -2.34. The Kier molecular flexibility index (Phi) is 11.6. The van der Waals surface area contributed by atoms with Crippen molar-refractivity contribution in [2.24, 2.45) is 0 Å². The normalized spacial score (nSPS) is 12.8. The maximum absolute atomic E-state index is 14.1. The molecule has 0 aliphatic carbocycles. The maximum Gasteiger partial charge on any atom is 0.264 e. The average Bonchev–Trinajstić information content (AvgIpc) is 2.96. The van der Waals surface area contributed by atoms with E-state index in [1.165, 1.54) is 23.1 Å². The lowest BCUT2D eigenvalue weighted by Crippen LogP contribution is -2.54. The van der Waals surface area contributed by atoms with Crippen LogP contribution in [0.25, 0.3) is 0 Å². The number of sulfonamides is 1. The summed E-state index contributed by atoms with van der Waals surface area (Å²) in [6, 6.07) is 19.7. The molecule has 2 amide bonds. The number of anilines is 1. The number of hydrogen-bond acceptors (Lipinski definition) is 4. The fraction of sp³-hybridized carbons (Fsp3) is 0.355. The van der Waals surface area contributed by atoms with E-state index in [1.54, 1.807) is 24.3 Å². The van der Waals surface area contributed by atoms with Crippen LogP contribution in [0.3, 0.4) is 0 Å². The molecule has 0 bridgehead atoms. The summed E-state index contributed by atoms with van der Waals surface area (Å²) >= 11 is 12.8. The van der Waals surface area contributed by atoms with Crippen LogP contribution in [0.15, 0.2) is 77.7 Å². The minimum absolute atomic E-state index is 0.00401. The maximum atomic E-state index is 14.1. The predicted octanol–water partition coefficient (Wildman–Crippen LogP) is 6.26. The molecule has 3 rings (SSSR count). The Morgan fingerprint density at radius 2 is 1.56 bits per heavy atom. The third-order valence-corrected chi connectivity index (χ3v) is 9.54. The SMILES string of the molecule is CC[C@@H](C)NC(=O)[C@H](CC)N(CCc1ccccc1)C(=O)CN(c1cccc(Cl)c1Cl)S(=O)(=O)c1ccc(C)cc1. The Bertz CT molecular complexity index is 1430. The topological polar surface area (TPSA) is 86.8 Å². The number of nitrogens with zero attached hydrogens (tertiary/aromatic N) is 2. The van der Waals surface area contributed by atoms with Gasteiger partial charge in [0.25, 0.3) is 10.0 Å².